The van der Waals surface area contributed by atoms with Crippen molar-refractivity contribution < 1.29 is 14.6 Å². The lowest BCUT2D eigenvalue weighted by molar-refractivity contribution is -0.144. The molecule has 4 nitrogen and oxygen atoms in total. The van der Waals surface area contributed by atoms with Crippen molar-refractivity contribution in [3.05, 3.63) is 64.7 Å². The van der Waals surface area contributed by atoms with Gasteiger partial charge in [-0.1, -0.05) is 41.9 Å². The smallest absolute Gasteiger partial charge is 0.307 e. The van der Waals surface area contributed by atoms with Gasteiger partial charge in [0.2, 0.25) is 0 Å². The number of carboxylic acids is 1. The fraction of sp³-hybridized carbons (Fsp3) is 0.381. The zero-order valence-corrected chi connectivity index (χ0v) is 15.7. The molecule has 138 valence electrons. The maximum atomic E-state index is 11.3. The monoisotopic (exact) mass is 373 g/mol. The highest BCUT2D eigenvalue weighted by Crippen LogP contribution is 2.25. The van der Waals surface area contributed by atoms with Gasteiger partial charge in [0.05, 0.1) is 5.92 Å². The average molecular weight is 374 g/mol. The van der Waals surface area contributed by atoms with E-state index in [1.165, 1.54) is 0 Å². The van der Waals surface area contributed by atoms with Crippen LogP contribution in [0.2, 0.25) is 5.02 Å². The Morgan fingerprint density at radius 3 is 2.81 bits per heavy atom. The SMILES string of the molecule is CC1CCC(C(=O)O)CN1Cc1cccc(OCc2ccccc2Cl)c1. The van der Waals surface area contributed by atoms with Crippen molar-refractivity contribution in [2.45, 2.75) is 39.0 Å². The van der Waals surface area contributed by atoms with Gasteiger partial charge >= 0.3 is 5.97 Å². The van der Waals surface area contributed by atoms with Gasteiger partial charge in [-0.3, -0.25) is 9.69 Å². The minimum absolute atomic E-state index is 0.272. The Hall–Kier alpha value is -2.04. The zero-order chi connectivity index (χ0) is 18.5. The van der Waals surface area contributed by atoms with Gasteiger partial charge in [-0.05, 0) is 43.5 Å². The molecule has 2 aromatic rings. The Morgan fingerprint density at radius 1 is 1.23 bits per heavy atom. The lowest BCUT2D eigenvalue weighted by Gasteiger charge is -2.36. The molecule has 0 amide bonds. The summed E-state index contributed by atoms with van der Waals surface area (Å²) in [6, 6.07) is 16.0. The molecule has 3 rings (SSSR count). The van der Waals surface area contributed by atoms with Crippen LogP contribution in [-0.4, -0.2) is 28.6 Å². The van der Waals surface area contributed by atoms with Crippen molar-refractivity contribution >= 4 is 17.6 Å². The molecule has 2 unspecified atom stereocenters. The summed E-state index contributed by atoms with van der Waals surface area (Å²) < 4.78 is 5.89. The van der Waals surface area contributed by atoms with E-state index in [0.29, 0.717) is 24.2 Å². The third kappa shape index (κ3) is 4.77. The Labute approximate surface area is 159 Å². The summed E-state index contributed by atoms with van der Waals surface area (Å²) in [6.45, 7) is 3.91. The van der Waals surface area contributed by atoms with E-state index in [1.54, 1.807) is 0 Å². The quantitative estimate of drug-likeness (QED) is 0.803. The van der Waals surface area contributed by atoms with Crippen LogP contribution in [0.25, 0.3) is 0 Å². The van der Waals surface area contributed by atoms with Crippen molar-refractivity contribution in [1.82, 2.24) is 4.90 Å². The molecule has 1 heterocycles. The number of benzene rings is 2. The van der Waals surface area contributed by atoms with Crippen molar-refractivity contribution in [2.75, 3.05) is 6.54 Å². The fourth-order valence-electron chi connectivity index (χ4n) is 3.35. The van der Waals surface area contributed by atoms with Crippen LogP contribution in [0, 0.1) is 5.92 Å². The van der Waals surface area contributed by atoms with Crippen LogP contribution in [-0.2, 0) is 17.9 Å². The molecule has 1 aliphatic rings. The number of piperidine rings is 1. The average Bonchev–Trinajstić information content (AvgIpc) is 2.63. The lowest BCUT2D eigenvalue weighted by Crippen LogP contribution is -2.43. The fourth-order valence-corrected chi connectivity index (χ4v) is 3.54. The summed E-state index contributed by atoms with van der Waals surface area (Å²) in [4.78, 5) is 13.5. The van der Waals surface area contributed by atoms with Gasteiger partial charge in [-0.15, -0.1) is 0 Å². The van der Waals surface area contributed by atoms with Gasteiger partial charge in [0.1, 0.15) is 12.4 Å². The molecule has 0 spiro atoms. The van der Waals surface area contributed by atoms with E-state index in [1.807, 2.05) is 42.5 Å². The van der Waals surface area contributed by atoms with E-state index >= 15 is 0 Å². The number of hydrogen-bond acceptors (Lipinski definition) is 3. The van der Waals surface area contributed by atoms with E-state index < -0.39 is 5.97 Å². The van der Waals surface area contributed by atoms with E-state index in [-0.39, 0.29) is 5.92 Å². The van der Waals surface area contributed by atoms with Gasteiger partial charge in [0, 0.05) is 29.7 Å². The van der Waals surface area contributed by atoms with E-state index in [4.69, 9.17) is 16.3 Å². The summed E-state index contributed by atoms with van der Waals surface area (Å²) in [7, 11) is 0. The number of ether oxygens (including phenoxy) is 1. The van der Waals surface area contributed by atoms with Crippen LogP contribution in [0.3, 0.4) is 0 Å². The molecular weight excluding hydrogens is 350 g/mol. The molecule has 2 aromatic carbocycles. The number of likely N-dealkylation sites (tertiary alicyclic amines) is 1. The maximum Gasteiger partial charge on any atom is 0.307 e. The minimum atomic E-state index is -0.696. The molecule has 5 heteroatoms. The maximum absolute atomic E-state index is 11.3. The van der Waals surface area contributed by atoms with Crippen molar-refractivity contribution in [2.24, 2.45) is 5.92 Å². The van der Waals surface area contributed by atoms with E-state index in [2.05, 4.69) is 17.9 Å². The topological polar surface area (TPSA) is 49.8 Å². The Balaban J connectivity index is 1.63. The lowest BCUT2D eigenvalue weighted by atomic mass is 9.93. The molecule has 0 aliphatic carbocycles. The van der Waals surface area contributed by atoms with Gasteiger partial charge in [0.25, 0.3) is 0 Å². The van der Waals surface area contributed by atoms with Crippen LogP contribution in [0.5, 0.6) is 5.75 Å². The molecule has 26 heavy (non-hydrogen) atoms. The number of carbonyl (C=O) groups is 1. The molecule has 1 fully saturated rings. The van der Waals surface area contributed by atoms with Crippen LogP contribution >= 0.6 is 11.6 Å². The van der Waals surface area contributed by atoms with Crippen LogP contribution in [0.15, 0.2) is 48.5 Å². The molecule has 0 radical (unpaired) electrons. The van der Waals surface area contributed by atoms with Gasteiger partial charge in [0.15, 0.2) is 0 Å². The Kier molecular flexibility index (Phi) is 6.17. The Morgan fingerprint density at radius 2 is 2.04 bits per heavy atom. The standard InChI is InChI=1S/C21H24ClNO3/c1-15-9-10-17(21(24)25)13-23(15)12-16-5-4-7-19(11-16)26-14-18-6-2-3-8-20(18)22/h2-8,11,15,17H,9-10,12-14H2,1H3,(H,24,25). The second-order valence-electron chi connectivity index (χ2n) is 6.92. The highest BCUT2D eigenvalue weighted by atomic mass is 35.5. The molecule has 1 aliphatic heterocycles. The highest BCUT2D eigenvalue weighted by molar-refractivity contribution is 6.31. The first kappa shape index (κ1) is 18.7. The van der Waals surface area contributed by atoms with Crippen molar-refractivity contribution in [3.63, 3.8) is 0 Å². The number of aliphatic carboxylic acids is 1. The number of carboxylic acid groups (broad SMARTS) is 1. The van der Waals surface area contributed by atoms with Gasteiger partial charge in [-0.25, -0.2) is 0 Å². The first-order valence-corrected chi connectivity index (χ1v) is 9.32. The Bertz CT molecular complexity index is 764. The summed E-state index contributed by atoms with van der Waals surface area (Å²) >= 11 is 6.17. The zero-order valence-electron chi connectivity index (χ0n) is 14.9. The van der Waals surface area contributed by atoms with Crippen LogP contribution in [0.1, 0.15) is 30.9 Å². The van der Waals surface area contributed by atoms with Crippen LogP contribution in [0.4, 0.5) is 0 Å². The predicted octanol–water partition coefficient (Wildman–Crippen LogP) is 4.60. The summed E-state index contributed by atoms with van der Waals surface area (Å²) in [5.74, 6) is -0.175. The first-order valence-electron chi connectivity index (χ1n) is 8.95. The van der Waals surface area contributed by atoms with Gasteiger partial charge in [-0.2, -0.15) is 0 Å². The third-order valence-corrected chi connectivity index (χ3v) is 5.37. The number of hydrogen-bond donors (Lipinski definition) is 1. The van der Waals surface area contributed by atoms with Crippen LogP contribution < -0.4 is 4.74 Å². The normalized spacial score (nSPS) is 20.7. The summed E-state index contributed by atoms with van der Waals surface area (Å²) in [5.41, 5.74) is 2.08. The minimum Gasteiger partial charge on any atom is -0.489 e. The molecule has 1 N–H and O–H groups in total. The van der Waals surface area contributed by atoms with E-state index in [9.17, 15) is 9.90 Å². The number of nitrogens with zero attached hydrogens (tertiary/aromatic N) is 1. The molecule has 0 bridgehead atoms. The van der Waals surface area contributed by atoms with Crippen molar-refractivity contribution in [3.8, 4) is 5.75 Å². The second kappa shape index (κ2) is 8.56. The summed E-state index contributed by atoms with van der Waals surface area (Å²) in [6.07, 6.45) is 1.67. The molecular formula is C21H24ClNO3. The number of halogens is 1. The van der Waals surface area contributed by atoms with Crippen molar-refractivity contribution in [1.29, 1.82) is 0 Å². The first-order chi connectivity index (χ1) is 12.5. The highest BCUT2D eigenvalue weighted by Gasteiger charge is 2.29. The molecule has 0 saturated carbocycles. The van der Waals surface area contributed by atoms with E-state index in [0.717, 1.165) is 36.3 Å². The number of rotatable bonds is 6. The molecule has 1 saturated heterocycles. The molecule has 0 aromatic heterocycles. The largest absolute Gasteiger partial charge is 0.489 e. The van der Waals surface area contributed by atoms with Gasteiger partial charge < -0.3 is 9.84 Å². The summed E-state index contributed by atoms with van der Waals surface area (Å²) in [5, 5.41) is 10.00. The molecule has 2 atom stereocenters. The second-order valence-corrected chi connectivity index (χ2v) is 7.33. The third-order valence-electron chi connectivity index (χ3n) is 5.00. The predicted molar refractivity (Wildman–Crippen MR) is 102 cm³/mol.